The van der Waals surface area contributed by atoms with Crippen molar-refractivity contribution >= 4 is 0 Å². The van der Waals surface area contributed by atoms with Crippen LogP contribution in [0.2, 0.25) is 0 Å². The van der Waals surface area contributed by atoms with E-state index in [0.717, 1.165) is 17.8 Å². The Balaban J connectivity index is 4.45. The second-order valence-corrected chi connectivity index (χ2v) is 5.32. The van der Waals surface area contributed by atoms with Gasteiger partial charge in [0.2, 0.25) is 0 Å². The number of hydrogen-bond donors (Lipinski definition) is 0. The summed E-state index contributed by atoms with van der Waals surface area (Å²) >= 11 is 0. The molecule has 0 saturated carbocycles. The van der Waals surface area contributed by atoms with Gasteiger partial charge in [-0.15, -0.1) is 0 Å². The highest BCUT2D eigenvalue weighted by Crippen LogP contribution is 2.31. The van der Waals surface area contributed by atoms with E-state index in [4.69, 9.17) is 0 Å². The predicted molar refractivity (Wildman–Crippen MR) is 80.2 cm³/mol. The van der Waals surface area contributed by atoms with Crippen LogP contribution < -0.4 is 0 Å². The molecule has 0 radical (unpaired) electrons. The zero-order valence-corrected chi connectivity index (χ0v) is 12.8. The standard InChI is InChI=1S/C17H32/c1-7-11-12-15(6)17(10-4)13-16(9-3)14(5)8-2/h7-8,11,15-17H,9-10,12-13H2,1-6H3. The summed E-state index contributed by atoms with van der Waals surface area (Å²) in [6.45, 7) is 13.6. The molecule has 0 bridgehead atoms. The highest BCUT2D eigenvalue weighted by Gasteiger charge is 2.19. The van der Waals surface area contributed by atoms with Gasteiger partial charge >= 0.3 is 0 Å². The monoisotopic (exact) mass is 236 g/mol. The lowest BCUT2D eigenvalue weighted by atomic mass is 9.79. The molecule has 0 aromatic heterocycles. The average molecular weight is 236 g/mol. The van der Waals surface area contributed by atoms with Gasteiger partial charge in [0.25, 0.3) is 0 Å². The van der Waals surface area contributed by atoms with Gasteiger partial charge in [0.15, 0.2) is 0 Å². The van der Waals surface area contributed by atoms with Gasteiger partial charge in [0.05, 0.1) is 0 Å². The van der Waals surface area contributed by atoms with Crippen LogP contribution in [0.25, 0.3) is 0 Å². The Morgan fingerprint density at radius 2 is 1.76 bits per heavy atom. The molecule has 0 aromatic carbocycles. The minimum atomic E-state index is 0.790. The van der Waals surface area contributed by atoms with Gasteiger partial charge in [0, 0.05) is 0 Å². The Morgan fingerprint density at radius 1 is 1.12 bits per heavy atom. The van der Waals surface area contributed by atoms with Crippen LogP contribution in [0.4, 0.5) is 0 Å². The first kappa shape index (κ1) is 16.5. The third-order valence-corrected chi connectivity index (χ3v) is 4.25. The summed E-state index contributed by atoms with van der Waals surface area (Å²) in [5.74, 6) is 2.47. The third kappa shape index (κ3) is 6.10. The second kappa shape index (κ2) is 9.50. The molecule has 0 rings (SSSR count). The first-order valence-corrected chi connectivity index (χ1v) is 7.34. The van der Waals surface area contributed by atoms with E-state index < -0.39 is 0 Å². The fraction of sp³-hybridized carbons (Fsp3) is 0.765. The van der Waals surface area contributed by atoms with E-state index in [0.29, 0.717) is 0 Å². The summed E-state index contributed by atoms with van der Waals surface area (Å²) in [6, 6.07) is 0. The maximum Gasteiger partial charge on any atom is -0.0206 e. The Morgan fingerprint density at radius 3 is 2.18 bits per heavy atom. The van der Waals surface area contributed by atoms with Crippen LogP contribution >= 0.6 is 0 Å². The van der Waals surface area contributed by atoms with Crippen molar-refractivity contribution in [2.45, 2.75) is 67.2 Å². The van der Waals surface area contributed by atoms with Crippen LogP contribution in [0, 0.1) is 17.8 Å². The van der Waals surface area contributed by atoms with Crippen molar-refractivity contribution in [3.8, 4) is 0 Å². The highest BCUT2D eigenvalue weighted by molar-refractivity contribution is 5.02. The van der Waals surface area contributed by atoms with Crippen molar-refractivity contribution < 1.29 is 0 Å². The van der Waals surface area contributed by atoms with Crippen molar-refractivity contribution in [3.05, 3.63) is 23.8 Å². The SMILES string of the molecule is CC=CCC(C)C(CC)CC(CC)C(C)=CC. The van der Waals surface area contributed by atoms with Crippen molar-refractivity contribution in [2.24, 2.45) is 17.8 Å². The van der Waals surface area contributed by atoms with Crippen molar-refractivity contribution in [1.82, 2.24) is 0 Å². The van der Waals surface area contributed by atoms with Crippen molar-refractivity contribution in [3.63, 3.8) is 0 Å². The average Bonchev–Trinajstić information content (AvgIpc) is 2.36. The lowest BCUT2D eigenvalue weighted by molar-refractivity contribution is 0.287. The van der Waals surface area contributed by atoms with E-state index in [1.54, 1.807) is 5.57 Å². The summed E-state index contributed by atoms with van der Waals surface area (Å²) in [7, 11) is 0. The first-order valence-electron chi connectivity index (χ1n) is 7.34. The van der Waals surface area contributed by atoms with E-state index in [2.05, 4.69) is 59.8 Å². The molecule has 0 aliphatic rings. The normalized spacial score (nSPS) is 18.4. The molecule has 0 saturated heterocycles. The molecule has 0 aliphatic heterocycles. The summed E-state index contributed by atoms with van der Waals surface area (Å²) in [5.41, 5.74) is 1.57. The number of allylic oxidation sites excluding steroid dienone is 4. The molecule has 0 spiro atoms. The Bertz CT molecular complexity index is 234. The number of hydrogen-bond acceptors (Lipinski definition) is 0. The van der Waals surface area contributed by atoms with E-state index in [1.165, 1.54) is 25.7 Å². The molecule has 17 heavy (non-hydrogen) atoms. The van der Waals surface area contributed by atoms with Crippen molar-refractivity contribution in [1.29, 1.82) is 0 Å². The smallest absolute Gasteiger partial charge is 0.0206 e. The lowest BCUT2D eigenvalue weighted by Gasteiger charge is -2.27. The predicted octanol–water partition coefficient (Wildman–Crippen LogP) is 6.00. The van der Waals surface area contributed by atoms with Crippen LogP contribution in [-0.4, -0.2) is 0 Å². The maximum absolute atomic E-state index is 2.41. The summed E-state index contributed by atoms with van der Waals surface area (Å²) < 4.78 is 0. The molecular formula is C17H32. The molecule has 3 atom stereocenters. The Kier molecular flexibility index (Phi) is 9.21. The van der Waals surface area contributed by atoms with Crippen LogP contribution in [0.15, 0.2) is 23.8 Å². The maximum atomic E-state index is 2.41. The largest absolute Gasteiger partial charge is 0.0917 e. The molecular weight excluding hydrogens is 204 g/mol. The topological polar surface area (TPSA) is 0 Å². The molecule has 0 amide bonds. The molecule has 0 nitrogen and oxygen atoms in total. The molecule has 0 aromatic rings. The Hall–Kier alpha value is -0.520. The van der Waals surface area contributed by atoms with Gasteiger partial charge in [-0.25, -0.2) is 0 Å². The molecule has 3 unspecified atom stereocenters. The van der Waals surface area contributed by atoms with E-state index in [1.807, 2.05) is 0 Å². The zero-order valence-electron chi connectivity index (χ0n) is 12.8. The Labute approximate surface area is 109 Å². The molecule has 0 aliphatic carbocycles. The van der Waals surface area contributed by atoms with Gasteiger partial charge in [-0.05, 0) is 57.8 Å². The highest BCUT2D eigenvalue weighted by atomic mass is 14.2. The van der Waals surface area contributed by atoms with Gasteiger partial charge < -0.3 is 0 Å². The quantitative estimate of drug-likeness (QED) is 0.454. The summed E-state index contributed by atoms with van der Waals surface area (Å²) in [5, 5.41) is 0. The third-order valence-electron chi connectivity index (χ3n) is 4.25. The van der Waals surface area contributed by atoms with Gasteiger partial charge in [-0.3, -0.25) is 0 Å². The fourth-order valence-corrected chi connectivity index (χ4v) is 2.62. The van der Waals surface area contributed by atoms with E-state index in [9.17, 15) is 0 Å². The molecule has 100 valence electrons. The second-order valence-electron chi connectivity index (χ2n) is 5.32. The summed E-state index contributed by atoms with van der Waals surface area (Å²) in [4.78, 5) is 0. The minimum Gasteiger partial charge on any atom is -0.0917 e. The van der Waals surface area contributed by atoms with Crippen LogP contribution in [-0.2, 0) is 0 Å². The fourth-order valence-electron chi connectivity index (χ4n) is 2.62. The van der Waals surface area contributed by atoms with E-state index >= 15 is 0 Å². The lowest BCUT2D eigenvalue weighted by Crippen LogP contribution is -2.16. The van der Waals surface area contributed by atoms with Crippen molar-refractivity contribution in [2.75, 3.05) is 0 Å². The van der Waals surface area contributed by atoms with Crippen LogP contribution in [0.5, 0.6) is 0 Å². The number of rotatable bonds is 8. The molecule has 0 heteroatoms. The minimum absolute atomic E-state index is 0.790. The van der Waals surface area contributed by atoms with Crippen LogP contribution in [0.3, 0.4) is 0 Å². The van der Waals surface area contributed by atoms with Gasteiger partial charge in [-0.2, -0.15) is 0 Å². The first-order chi connectivity index (χ1) is 8.10. The van der Waals surface area contributed by atoms with Gasteiger partial charge in [-0.1, -0.05) is 51.0 Å². The van der Waals surface area contributed by atoms with Crippen LogP contribution in [0.1, 0.15) is 67.2 Å². The van der Waals surface area contributed by atoms with Gasteiger partial charge in [0.1, 0.15) is 0 Å². The molecule has 0 fully saturated rings. The molecule has 0 N–H and O–H groups in total. The van der Waals surface area contributed by atoms with E-state index in [-0.39, 0.29) is 0 Å². The molecule has 0 heterocycles. The zero-order chi connectivity index (χ0) is 13.3. The summed E-state index contributed by atoms with van der Waals surface area (Å²) in [6.07, 6.45) is 12.0.